The summed E-state index contributed by atoms with van der Waals surface area (Å²) >= 11 is 0. The maximum absolute atomic E-state index is 11.8. The molecular formula is C11H15NO. The first kappa shape index (κ1) is 8.54. The van der Waals surface area contributed by atoms with Crippen molar-refractivity contribution in [3.63, 3.8) is 0 Å². The van der Waals surface area contributed by atoms with Crippen molar-refractivity contribution in [3.8, 4) is 0 Å². The van der Waals surface area contributed by atoms with Gasteiger partial charge in [-0.3, -0.25) is 4.79 Å². The molecule has 0 aromatic carbocycles. The maximum Gasteiger partial charge on any atom is 0.229 e. The van der Waals surface area contributed by atoms with Crippen molar-refractivity contribution >= 4 is 5.91 Å². The molecule has 1 fully saturated rings. The molecule has 2 atom stereocenters. The Bertz CT molecular complexity index is 290. The van der Waals surface area contributed by atoms with Gasteiger partial charge in [0.15, 0.2) is 0 Å². The van der Waals surface area contributed by atoms with Crippen LogP contribution in [0, 0.1) is 11.8 Å². The summed E-state index contributed by atoms with van der Waals surface area (Å²) in [5, 5.41) is 0. The second-order valence-corrected chi connectivity index (χ2v) is 3.98. The van der Waals surface area contributed by atoms with Crippen molar-refractivity contribution in [1.29, 1.82) is 0 Å². The van der Waals surface area contributed by atoms with Crippen molar-refractivity contribution in [2.75, 3.05) is 13.6 Å². The molecule has 70 valence electrons. The molecule has 0 saturated carbocycles. The third-order valence-corrected chi connectivity index (χ3v) is 3.13. The molecule has 1 aliphatic heterocycles. The average Bonchev–Trinajstić information content (AvgIpc) is 2.12. The highest BCUT2D eigenvalue weighted by Crippen LogP contribution is 2.33. The van der Waals surface area contributed by atoms with Gasteiger partial charge in [0.05, 0.1) is 5.92 Å². The van der Waals surface area contributed by atoms with Crippen molar-refractivity contribution < 1.29 is 4.79 Å². The quantitative estimate of drug-likeness (QED) is 0.550. The van der Waals surface area contributed by atoms with Crippen LogP contribution >= 0.6 is 0 Å². The molecule has 0 N–H and O–H groups in total. The number of carbonyl (C=O) groups is 1. The summed E-state index contributed by atoms with van der Waals surface area (Å²) in [6, 6.07) is 0. The first-order valence-corrected chi connectivity index (χ1v) is 4.80. The zero-order chi connectivity index (χ0) is 9.42. The minimum absolute atomic E-state index is 0.115. The van der Waals surface area contributed by atoms with Crippen molar-refractivity contribution in [1.82, 2.24) is 4.90 Å². The van der Waals surface area contributed by atoms with Gasteiger partial charge in [-0.25, -0.2) is 0 Å². The third-order valence-electron chi connectivity index (χ3n) is 3.13. The molecule has 0 aromatic heterocycles. The molecular weight excluding hydrogens is 162 g/mol. The predicted octanol–water partition coefficient (Wildman–Crippen LogP) is 1.60. The molecule has 13 heavy (non-hydrogen) atoms. The van der Waals surface area contributed by atoms with E-state index in [9.17, 15) is 4.79 Å². The number of amides is 1. The summed E-state index contributed by atoms with van der Waals surface area (Å²) < 4.78 is 0. The molecule has 1 heterocycles. The summed E-state index contributed by atoms with van der Waals surface area (Å²) in [6.45, 7) is 3.03. The van der Waals surface area contributed by atoms with Crippen LogP contribution in [0.2, 0.25) is 0 Å². The van der Waals surface area contributed by atoms with Gasteiger partial charge in [0.25, 0.3) is 0 Å². The van der Waals surface area contributed by atoms with Crippen LogP contribution in [0.4, 0.5) is 0 Å². The lowest BCUT2D eigenvalue weighted by Crippen LogP contribution is -2.43. The van der Waals surface area contributed by atoms with Gasteiger partial charge >= 0.3 is 0 Å². The van der Waals surface area contributed by atoms with Gasteiger partial charge in [-0.2, -0.15) is 0 Å². The summed E-state index contributed by atoms with van der Waals surface area (Å²) in [5.74, 6) is 0.859. The number of likely N-dealkylation sites (tertiary alicyclic amines) is 1. The van der Waals surface area contributed by atoms with Crippen LogP contribution in [-0.4, -0.2) is 24.4 Å². The molecule has 0 aromatic rings. The number of fused-ring (bicyclic) bond motifs is 1. The zero-order valence-electron chi connectivity index (χ0n) is 8.16. The lowest BCUT2D eigenvalue weighted by Gasteiger charge is -2.36. The number of rotatable bonds is 0. The molecule has 2 unspecified atom stereocenters. The smallest absolute Gasteiger partial charge is 0.229 e. The molecule has 1 saturated heterocycles. The van der Waals surface area contributed by atoms with E-state index in [0.29, 0.717) is 5.92 Å². The van der Waals surface area contributed by atoms with Crippen LogP contribution in [0.25, 0.3) is 0 Å². The van der Waals surface area contributed by atoms with Crippen molar-refractivity contribution in [3.05, 3.63) is 23.8 Å². The summed E-state index contributed by atoms with van der Waals surface area (Å²) in [5.41, 5.74) is 1.36. The van der Waals surface area contributed by atoms with Crippen LogP contribution in [0.1, 0.15) is 13.3 Å². The van der Waals surface area contributed by atoms with Gasteiger partial charge in [0, 0.05) is 13.6 Å². The van der Waals surface area contributed by atoms with E-state index in [2.05, 4.69) is 13.0 Å². The normalized spacial score (nSPS) is 32.9. The van der Waals surface area contributed by atoms with E-state index in [1.54, 1.807) is 0 Å². The van der Waals surface area contributed by atoms with E-state index >= 15 is 0 Å². The Balaban J connectivity index is 2.26. The molecule has 2 rings (SSSR count). The Hall–Kier alpha value is -1.05. The van der Waals surface area contributed by atoms with Crippen LogP contribution in [-0.2, 0) is 4.79 Å². The molecule has 0 spiro atoms. The number of piperidine rings is 1. The SMILES string of the molecule is CC1=CC=CC2C(=O)N(C)CCC12. The Morgan fingerprint density at radius 2 is 2.31 bits per heavy atom. The second kappa shape index (κ2) is 3.02. The average molecular weight is 177 g/mol. The molecule has 1 aliphatic carbocycles. The largest absolute Gasteiger partial charge is 0.345 e. The van der Waals surface area contributed by atoms with Crippen molar-refractivity contribution in [2.24, 2.45) is 11.8 Å². The minimum Gasteiger partial charge on any atom is -0.345 e. The highest BCUT2D eigenvalue weighted by atomic mass is 16.2. The topological polar surface area (TPSA) is 20.3 Å². The first-order valence-electron chi connectivity index (χ1n) is 4.80. The number of allylic oxidation sites excluding steroid dienone is 3. The van der Waals surface area contributed by atoms with Crippen LogP contribution in [0.15, 0.2) is 23.8 Å². The maximum atomic E-state index is 11.8. The van der Waals surface area contributed by atoms with Crippen LogP contribution in [0.5, 0.6) is 0 Å². The third kappa shape index (κ3) is 1.30. The summed E-state index contributed by atoms with van der Waals surface area (Å²) in [6.07, 6.45) is 7.28. The predicted molar refractivity (Wildman–Crippen MR) is 52.1 cm³/mol. The van der Waals surface area contributed by atoms with Crippen LogP contribution < -0.4 is 0 Å². The van der Waals surface area contributed by atoms with Gasteiger partial charge < -0.3 is 4.90 Å². The Morgan fingerprint density at radius 1 is 1.54 bits per heavy atom. The minimum atomic E-state index is 0.115. The highest BCUT2D eigenvalue weighted by molar-refractivity contribution is 5.82. The molecule has 2 aliphatic rings. The number of carbonyl (C=O) groups excluding carboxylic acids is 1. The summed E-state index contributed by atoms with van der Waals surface area (Å²) in [4.78, 5) is 13.6. The van der Waals surface area contributed by atoms with E-state index in [-0.39, 0.29) is 11.8 Å². The van der Waals surface area contributed by atoms with E-state index in [1.165, 1.54) is 5.57 Å². The molecule has 2 heteroatoms. The second-order valence-electron chi connectivity index (χ2n) is 3.98. The molecule has 0 radical (unpaired) electrons. The van der Waals surface area contributed by atoms with Gasteiger partial charge in [-0.15, -0.1) is 0 Å². The van der Waals surface area contributed by atoms with Gasteiger partial charge in [-0.1, -0.05) is 23.8 Å². The van der Waals surface area contributed by atoms with Crippen molar-refractivity contribution in [2.45, 2.75) is 13.3 Å². The van der Waals surface area contributed by atoms with E-state index in [4.69, 9.17) is 0 Å². The van der Waals surface area contributed by atoms with E-state index in [1.807, 2.05) is 24.1 Å². The highest BCUT2D eigenvalue weighted by Gasteiger charge is 2.34. The lowest BCUT2D eigenvalue weighted by atomic mass is 9.77. The fourth-order valence-corrected chi connectivity index (χ4v) is 2.23. The standard InChI is InChI=1S/C11H15NO/c1-8-4-3-5-10-9(8)6-7-12(2)11(10)13/h3-5,9-10H,6-7H2,1-2H3. The zero-order valence-corrected chi connectivity index (χ0v) is 8.16. The monoisotopic (exact) mass is 177 g/mol. The fraction of sp³-hybridized carbons (Fsp3) is 0.545. The summed E-state index contributed by atoms with van der Waals surface area (Å²) in [7, 11) is 1.89. The lowest BCUT2D eigenvalue weighted by molar-refractivity contribution is -0.136. The molecule has 2 nitrogen and oxygen atoms in total. The Morgan fingerprint density at radius 3 is 3.08 bits per heavy atom. The van der Waals surface area contributed by atoms with E-state index in [0.717, 1.165) is 13.0 Å². The van der Waals surface area contributed by atoms with Crippen LogP contribution in [0.3, 0.4) is 0 Å². The Labute approximate surface area is 78.9 Å². The molecule has 0 bridgehead atoms. The number of hydrogen-bond acceptors (Lipinski definition) is 1. The fourth-order valence-electron chi connectivity index (χ4n) is 2.23. The van der Waals surface area contributed by atoms with E-state index < -0.39 is 0 Å². The van der Waals surface area contributed by atoms with Gasteiger partial charge in [0.2, 0.25) is 5.91 Å². The first-order chi connectivity index (χ1) is 6.20. The van der Waals surface area contributed by atoms with Gasteiger partial charge in [-0.05, 0) is 19.3 Å². The molecule has 1 amide bonds. The number of nitrogens with zero attached hydrogens (tertiary/aromatic N) is 1. The Kier molecular flexibility index (Phi) is 1.98. The number of hydrogen-bond donors (Lipinski definition) is 0. The van der Waals surface area contributed by atoms with Gasteiger partial charge in [0.1, 0.15) is 0 Å².